The van der Waals surface area contributed by atoms with E-state index in [2.05, 4.69) is 51.8 Å². The molecule has 96 valence electrons. The summed E-state index contributed by atoms with van der Waals surface area (Å²) in [7, 11) is 0. The van der Waals surface area contributed by atoms with Crippen LogP contribution in [0.1, 0.15) is 23.6 Å². The van der Waals surface area contributed by atoms with Crippen molar-refractivity contribution in [3.05, 3.63) is 77.9 Å². The number of hydrogen-bond donors (Lipinski definition) is 0. The molecular formula is C17H16BrN. The second-order valence-corrected chi connectivity index (χ2v) is 5.29. The van der Waals surface area contributed by atoms with E-state index in [1.165, 1.54) is 5.56 Å². The first kappa shape index (κ1) is 13.8. The van der Waals surface area contributed by atoms with Crippen molar-refractivity contribution in [2.45, 2.75) is 13.5 Å². The van der Waals surface area contributed by atoms with Gasteiger partial charge in [0.1, 0.15) is 0 Å². The molecular weight excluding hydrogens is 298 g/mol. The highest BCUT2D eigenvalue weighted by Gasteiger charge is 2.03. The van der Waals surface area contributed by atoms with Crippen molar-refractivity contribution in [2.75, 3.05) is 0 Å². The molecule has 1 nitrogen and oxygen atoms in total. The van der Waals surface area contributed by atoms with Gasteiger partial charge in [-0.3, -0.25) is 4.99 Å². The topological polar surface area (TPSA) is 12.4 Å². The first-order valence-electron chi connectivity index (χ1n) is 6.17. The van der Waals surface area contributed by atoms with Gasteiger partial charge in [0, 0.05) is 10.2 Å². The minimum Gasteiger partial charge on any atom is -0.285 e. The molecule has 0 amide bonds. The van der Waals surface area contributed by atoms with Gasteiger partial charge in [-0.15, -0.1) is 0 Å². The summed E-state index contributed by atoms with van der Waals surface area (Å²) in [5, 5.41) is 0. The van der Waals surface area contributed by atoms with Gasteiger partial charge in [-0.25, -0.2) is 0 Å². The molecule has 0 atom stereocenters. The van der Waals surface area contributed by atoms with Gasteiger partial charge in [-0.2, -0.15) is 0 Å². The fourth-order valence-corrected chi connectivity index (χ4v) is 2.28. The van der Waals surface area contributed by atoms with E-state index in [0.29, 0.717) is 6.54 Å². The molecule has 0 aliphatic rings. The average molecular weight is 314 g/mol. The van der Waals surface area contributed by atoms with Crippen LogP contribution in [0, 0.1) is 0 Å². The molecule has 19 heavy (non-hydrogen) atoms. The summed E-state index contributed by atoms with van der Waals surface area (Å²) in [6, 6.07) is 18.4. The Hall–Kier alpha value is -1.67. The van der Waals surface area contributed by atoms with Crippen LogP contribution in [-0.4, -0.2) is 5.71 Å². The summed E-state index contributed by atoms with van der Waals surface area (Å²) in [4.78, 5) is 4.66. The third kappa shape index (κ3) is 3.65. The highest BCUT2D eigenvalue weighted by molar-refractivity contribution is 9.15. The largest absolute Gasteiger partial charge is 0.285 e. The fraction of sp³-hybridized carbons (Fsp3) is 0.118. The molecule has 0 N–H and O–H groups in total. The van der Waals surface area contributed by atoms with Crippen molar-refractivity contribution in [3.8, 4) is 0 Å². The van der Waals surface area contributed by atoms with Crippen LogP contribution in [0.15, 0.2) is 66.2 Å². The Morgan fingerprint density at radius 2 is 1.68 bits per heavy atom. The lowest BCUT2D eigenvalue weighted by atomic mass is 10.1. The minimum absolute atomic E-state index is 0.668. The second kappa shape index (κ2) is 6.48. The summed E-state index contributed by atoms with van der Waals surface area (Å²) >= 11 is 3.44. The van der Waals surface area contributed by atoms with Crippen LogP contribution in [0.4, 0.5) is 0 Å². The highest BCUT2D eigenvalue weighted by Crippen LogP contribution is 2.23. The molecule has 0 heterocycles. The van der Waals surface area contributed by atoms with Gasteiger partial charge < -0.3 is 0 Å². The van der Waals surface area contributed by atoms with Gasteiger partial charge >= 0.3 is 0 Å². The first-order chi connectivity index (χ1) is 9.18. The molecule has 0 aliphatic heterocycles. The van der Waals surface area contributed by atoms with Crippen molar-refractivity contribution in [3.63, 3.8) is 0 Å². The molecule has 0 fully saturated rings. The number of rotatable bonds is 4. The monoisotopic (exact) mass is 313 g/mol. The molecule has 0 unspecified atom stereocenters. The normalized spacial score (nSPS) is 11.4. The molecule has 2 aromatic rings. The van der Waals surface area contributed by atoms with Crippen LogP contribution in [0.25, 0.3) is 4.48 Å². The zero-order valence-corrected chi connectivity index (χ0v) is 12.5. The van der Waals surface area contributed by atoms with Crippen LogP contribution in [0.5, 0.6) is 0 Å². The number of nitrogens with zero attached hydrogens (tertiary/aromatic N) is 1. The molecule has 0 saturated carbocycles. The Morgan fingerprint density at radius 3 is 2.37 bits per heavy atom. The Bertz CT molecular complexity index is 600. The van der Waals surface area contributed by atoms with Crippen LogP contribution >= 0.6 is 15.9 Å². The van der Waals surface area contributed by atoms with E-state index in [4.69, 9.17) is 0 Å². The Labute approximate surface area is 122 Å². The molecule has 0 radical (unpaired) electrons. The molecule has 2 rings (SSSR count). The average Bonchev–Trinajstić information content (AvgIpc) is 2.46. The molecule has 2 aromatic carbocycles. The Kier molecular flexibility index (Phi) is 4.69. The summed E-state index contributed by atoms with van der Waals surface area (Å²) in [6.45, 7) is 6.65. The summed E-state index contributed by atoms with van der Waals surface area (Å²) in [5.41, 5.74) is 4.51. The van der Waals surface area contributed by atoms with Gasteiger partial charge in [-0.1, -0.05) is 77.1 Å². The van der Waals surface area contributed by atoms with E-state index < -0.39 is 0 Å². The predicted octanol–water partition coefficient (Wildman–Crippen LogP) is 5.06. The van der Waals surface area contributed by atoms with Gasteiger partial charge in [-0.05, 0) is 23.6 Å². The summed E-state index contributed by atoms with van der Waals surface area (Å²) in [5.74, 6) is 0. The standard InChI is InChI=1S/C17H16BrN/c1-13(18)17-11-7-6-10-16(17)12-19-14(2)15-8-4-3-5-9-15/h3-11H,1,12H2,2H3. The smallest absolute Gasteiger partial charge is 0.0649 e. The molecule has 0 spiro atoms. The number of benzene rings is 2. The molecule has 0 saturated heterocycles. The maximum Gasteiger partial charge on any atom is 0.0649 e. The SMILES string of the molecule is C=C(Br)c1ccccc1CN=C(C)c1ccccc1. The molecule has 0 bridgehead atoms. The van der Waals surface area contributed by atoms with Crippen LogP contribution in [0.2, 0.25) is 0 Å². The van der Waals surface area contributed by atoms with E-state index in [-0.39, 0.29) is 0 Å². The lowest BCUT2D eigenvalue weighted by Gasteiger charge is -2.06. The van der Waals surface area contributed by atoms with E-state index in [1.807, 2.05) is 37.3 Å². The number of halogens is 1. The molecule has 2 heteroatoms. The zero-order chi connectivity index (χ0) is 13.7. The lowest BCUT2D eigenvalue weighted by molar-refractivity contribution is 1.06. The number of hydrogen-bond acceptors (Lipinski definition) is 1. The predicted molar refractivity (Wildman–Crippen MR) is 86.8 cm³/mol. The van der Waals surface area contributed by atoms with Crippen LogP contribution < -0.4 is 0 Å². The third-order valence-electron chi connectivity index (χ3n) is 2.99. The lowest BCUT2D eigenvalue weighted by Crippen LogP contribution is -1.96. The van der Waals surface area contributed by atoms with E-state index in [1.54, 1.807) is 0 Å². The highest BCUT2D eigenvalue weighted by atomic mass is 79.9. The van der Waals surface area contributed by atoms with Crippen molar-refractivity contribution in [1.82, 2.24) is 0 Å². The van der Waals surface area contributed by atoms with Gasteiger partial charge in [0.2, 0.25) is 0 Å². The Morgan fingerprint density at radius 1 is 1.05 bits per heavy atom. The van der Waals surface area contributed by atoms with E-state index >= 15 is 0 Å². The maximum atomic E-state index is 4.66. The van der Waals surface area contributed by atoms with Crippen molar-refractivity contribution >= 4 is 26.1 Å². The van der Waals surface area contributed by atoms with E-state index in [0.717, 1.165) is 21.3 Å². The van der Waals surface area contributed by atoms with Crippen molar-refractivity contribution in [1.29, 1.82) is 0 Å². The molecule has 0 aliphatic carbocycles. The molecule has 0 aromatic heterocycles. The van der Waals surface area contributed by atoms with Crippen molar-refractivity contribution < 1.29 is 0 Å². The fourth-order valence-electron chi connectivity index (χ4n) is 1.90. The van der Waals surface area contributed by atoms with Crippen LogP contribution in [-0.2, 0) is 6.54 Å². The second-order valence-electron chi connectivity index (χ2n) is 4.33. The quantitative estimate of drug-likeness (QED) is 0.699. The van der Waals surface area contributed by atoms with Gasteiger partial charge in [0.15, 0.2) is 0 Å². The first-order valence-corrected chi connectivity index (χ1v) is 6.97. The summed E-state index contributed by atoms with van der Waals surface area (Å²) in [6.07, 6.45) is 0. The van der Waals surface area contributed by atoms with Crippen LogP contribution in [0.3, 0.4) is 0 Å². The van der Waals surface area contributed by atoms with Gasteiger partial charge in [0.05, 0.1) is 6.54 Å². The van der Waals surface area contributed by atoms with E-state index in [9.17, 15) is 0 Å². The minimum atomic E-state index is 0.668. The maximum absolute atomic E-state index is 4.66. The summed E-state index contributed by atoms with van der Waals surface area (Å²) < 4.78 is 0.899. The number of aliphatic imine (C=N–C) groups is 1. The zero-order valence-electron chi connectivity index (χ0n) is 10.9. The third-order valence-corrected chi connectivity index (χ3v) is 3.41. The Balaban J connectivity index is 2.21. The van der Waals surface area contributed by atoms with Gasteiger partial charge in [0.25, 0.3) is 0 Å². The van der Waals surface area contributed by atoms with Crippen molar-refractivity contribution in [2.24, 2.45) is 4.99 Å².